The smallest absolute Gasteiger partial charge is 0.339 e. The van der Waals surface area contributed by atoms with Crippen molar-refractivity contribution in [2.45, 2.75) is 6.92 Å². The zero-order chi connectivity index (χ0) is 14.7. The molecule has 2 rings (SSSR count). The van der Waals surface area contributed by atoms with Gasteiger partial charge in [-0.25, -0.2) is 14.0 Å². The minimum absolute atomic E-state index is 0.00846. The molecule has 1 aromatic carbocycles. The highest BCUT2D eigenvalue weighted by molar-refractivity contribution is 6.05. The fourth-order valence-electron chi connectivity index (χ4n) is 1.74. The zero-order valence-corrected chi connectivity index (χ0v) is 10.5. The summed E-state index contributed by atoms with van der Waals surface area (Å²) < 4.78 is 13.4. The minimum atomic E-state index is -1.16. The number of amides is 2. The molecule has 0 aliphatic carbocycles. The Hall–Kier alpha value is -2.83. The van der Waals surface area contributed by atoms with Gasteiger partial charge >= 0.3 is 12.0 Å². The monoisotopic (exact) mass is 277 g/mol. The van der Waals surface area contributed by atoms with Gasteiger partial charge in [0.2, 0.25) is 0 Å². The molecular formula is C13H12FN3O3. The van der Waals surface area contributed by atoms with E-state index in [1.807, 2.05) is 0 Å². The van der Waals surface area contributed by atoms with Crippen LogP contribution < -0.4 is 10.6 Å². The van der Waals surface area contributed by atoms with E-state index in [9.17, 15) is 14.0 Å². The Morgan fingerprint density at radius 2 is 1.85 bits per heavy atom. The first-order valence-electron chi connectivity index (χ1n) is 5.73. The second-order valence-corrected chi connectivity index (χ2v) is 4.07. The lowest BCUT2D eigenvalue weighted by atomic mass is 10.2. The summed E-state index contributed by atoms with van der Waals surface area (Å²) in [6, 6.07) is 4.95. The molecule has 2 aromatic rings. The third-order valence-corrected chi connectivity index (χ3v) is 2.66. The lowest BCUT2D eigenvalue weighted by molar-refractivity contribution is 0.0697. The maximum Gasteiger partial charge on any atom is 0.339 e. The maximum atomic E-state index is 13.4. The largest absolute Gasteiger partial charge is 0.478 e. The number of hydrogen-bond acceptors (Lipinski definition) is 2. The Morgan fingerprint density at radius 1 is 1.20 bits per heavy atom. The number of halogens is 1. The van der Waals surface area contributed by atoms with Gasteiger partial charge in [-0.2, -0.15) is 0 Å². The topological polar surface area (TPSA) is 94.2 Å². The lowest BCUT2D eigenvalue weighted by Gasteiger charge is -2.08. The summed E-state index contributed by atoms with van der Waals surface area (Å²) in [5.74, 6) is -1.74. The van der Waals surface area contributed by atoms with E-state index in [0.29, 0.717) is 5.69 Å². The van der Waals surface area contributed by atoms with E-state index in [0.717, 1.165) is 0 Å². The van der Waals surface area contributed by atoms with Crippen molar-refractivity contribution in [1.82, 2.24) is 4.98 Å². The van der Waals surface area contributed by atoms with Crippen molar-refractivity contribution >= 4 is 23.4 Å². The van der Waals surface area contributed by atoms with Crippen LogP contribution in [0.5, 0.6) is 0 Å². The fraction of sp³-hybridized carbons (Fsp3) is 0.0769. The summed E-state index contributed by atoms with van der Waals surface area (Å²) in [5.41, 5.74) is 0.505. The molecule has 0 saturated heterocycles. The Bertz CT molecular complexity index is 667. The zero-order valence-electron chi connectivity index (χ0n) is 10.5. The van der Waals surface area contributed by atoms with Crippen LogP contribution >= 0.6 is 0 Å². The maximum absolute atomic E-state index is 13.4. The molecule has 20 heavy (non-hydrogen) atoms. The van der Waals surface area contributed by atoms with Gasteiger partial charge in [-0.1, -0.05) is 12.1 Å². The standard InChI is InChI=1S/C13H12FN3O3/c1-7-11(12(18)19)10(6-15-7)17-13(20)16-9-5-3-2-4-8(9)14/h2-6,15H,1H3,(H,18,19)(H2,16,17,20). The number of urea groups is 1. The number of benzene rings is 1. The SMILES string of the molecule is Cc1[nH]cc(NC(=O)Nc2ccccc2F)c1C(=O)O. The molecule has 0 spiro atoms. The average Bonchev–Trinajstić information content (AvgIpc) is 2.73. The molecule has 2 amide bonds. The molecule has 0 atom stereocenters. The molecule has 1 heterocycles. The molecule has 0 aliphatic rings. The predicted molar refractivity (Wildman–Crippen MR) is 71.5 cm³/mol. The van der Waals surface area contributed by atoms with Gasteiger partial charge in [-0.3, -0.25) is 0 Å². The number of carboxylic acid groups (broad SMARTS) is 1. The summed E-state index contributed by atoms with van der Waals surface area (Å²) in [6.45, 7) is 1.57. The van der Waals surface area contributed by atoms with E-state index in [-0.39, 0.29) is 16.9 Å². The molecule has 0 radical (unpaired) electrons. The van der Waals surface area contributed by atoms with Gasteiger partial charge in [0.1, 0.15) is 11.4 Å². The summed E-state index contributed by atoms with van der Waals surface area (Å²) in [4.78, 5) is 25.5. The van der Waals surface area contributed by atoms with Crippen LogP contribution in [0.25, 0.3) is 0 Å². The molecule has 7 heteroatoms. The highest BCUT2D eigenvalue weighted by Gasteiger charge is 2.17. The van der Waals surface area contributed by atoms with Crippen molar-refractivity contribution in [1.29, 1.82) is 0 Å². The van der Waals surface area contributed by atoms with Crippen molar-refractivity contribution in [3.63, 3.8) is 0 Å². The number of anilines is 2. The van der Waals surface area contributed by atoms with Crippen molar-refractivity contribution < 1.29 is 19.1 Å². The third kappa shape index (κ3) is 2.77. The van der Waals surface area contributed by atoms with Crippen LogP contribution in [-0.2, 0) is 0 Å². The molecule has 0 bridgehead atoms. The van der Waals surface area contributed by atoms with Crippen LogP contribution in [0.15, 0.2) is 30.5 Å². The summed E-state index contributed by atoms with van der Waals surface area (Å²) in [7, 11) is 0. The van der Waals surface area contributed by atoms with Crippen LogP contribution in [0.1, 0.15) is 16.1 Å². The number of carbonyl (C=O) groups excluding carboxylic acids is 1. The van der Waals surface area contributed by atoms with Gasteiger partial charge in [0.05, 0.1) is 11.4 Å². The highest BCUT2D eigenvalue weighted by Crippen LogP contribution is 2.20. The van der Waals surface area contributed by atoms with Gasteiger partial charge in [0.25, 0.3) is 0 Å². The molecule has 0 aliphatic heterocycles. The summed E-state index contributed by atoms with van der Waals surface area (Å²) in [5, 5.41) is 13.7. The quantitative estimate of drug-likeness (QED) is 0.694. The van der Waals surface area contributed by atoms with Crippen LogP contribution in [-0.4, -0.2) is 22.1 Å². The van der Waals surface area contributed by atoms with E-state index < -0.39 is 17.8 Å². The highest BCUT2D eigenvalue weighted by atomic mass is 19.1. The molecular weight excluding hydrogens is 265 g/mol. The first-order chi connectivity index (χ1) is 9.49. The van der Waals surface area contributed by atoms with Gasteiger partial charge in [0, 0.05) is 11.9 Å². The molecule has 1 aromatic heterocycles. The average molecular weight is 277 g/mol. The van der Waals surface area contributed by atoms with Crippen LogP contribution in [0.4, 0.5) is 20.6 Å². The Balaban J connectivity index is 2.13. The van der Waals surface area contributed by atoms with E-state index in [1.165, 1.54) is 24.4 Å². The summed E-state index contributed by atoms with van der Waals surface area (Å²) in [6.07, 6.45) is 1.36. The normalized spacial score (nSPS) is 10.1. The number of H-pyrrole nitrogens is 1. The van der Waals surface area contributed by atoms with Gasteiger partial charge < -0.3 is 20.7 Å². The molecule has 104 valence electrons. The molecule has 0 unspecified atom stereocenters. The number of hydrogen-bond donors (Lipinski definition) is 4. The molecule has 4 N–H and O–H groups in total. The van der Waals surface area contributed by atoms with Crippen LogP contribution in [0.2, 0.25) is 0 Å². The number of carbonyl (C=O) groups is 2. The number of aromatic nitrogens is 1. The summed E-state index contributed by atoms with van der Waals surface area (Å²) >= 11 is 0. The second kappa shape index (κ2) is 5.43. The molecule has 6 nitrogen and oxygen atoms in total. The number of para-hydroxylation sites is 1. The van der Waals surface area contributed by atoms with E-state index in [1.54, 1.807) is 13.0 Å². The van der Waals surface area contributed by atoms with Crippen molar-refractivity contribution in [3.05, 3.63) is 47.5 Å². The Morgan fingerprint density at radius 3 is 2.50 bits per heavy atom. The third-order valence-electron chi connectivity index (χ3n) is 2.66. The molecule has 0 fully saturated rings. The van der Waals surface area contributed by atoms with Gasteiger partial charge in [-0.15, -0.1) is 0 Å². The van der Waals surface area contributed by atoms with E-state index >= 15 is 0 Å². The molecule has 0 saturated carbocycles. The number of aryl methyl sites for hydroxylation is 1. The Kier molecular flexibility index (Phi) is 3.69. The van der Waals surface area contributed by atoms with Gasteiger partial charge in [0.15, 0.2) is 0 Å². The van der Waals surface area contributed by atoms with Crippen LogP contribution in [0.3, 0.4) is 0 Å². The predicted octanol–water partition coefficient (Wildman–Crippen LogP) is 2.80. The van der Waals surface area contributed by atoms with E-state index in [2.05, 4.69) is 15.6 Å². The lowest BCUT2D eigenvalue weighted by Crippen LogP contribution is -2.21. The number of aromatic carboxylic acids is 1. The first kappa shape index (κ1) is 13.6. The van der Waals surface area contributed by atoms with E-state index in [4.69, 9.17) is 5.11 Å². The van der Waals surface area contributed by atoms with Crippen LogP contribution in [0, 0.1) is 12.7 Å². The number of carboxylic acids is 1. The second-order valence-electron chi connectivity index (χ2n) is 4.07. The Labute approximate surface area is 113 Å². The number of rotatable bonds is 3. The number of aromatic amines is 1. The number of nitrogens with one attached hydrogen (secondary N) is 3. The first-order valence-corrected chi connectivity index (χ1v) is 5.73. The van der Waals surface area contributed by atoms with Gasteiger partial charge in [-0.05, 0) is 19.1 Å². The minimum Gasteiger partial charge on any atom is -0.478 e. The van der Waals surface area contributed by atoms with Crippen molar-refractivity contribution in [2.75, 3.05) is 10.6 Å². The fourth-order valence-corrected chi connectivity index (χ4v) is 1.74. The van der Waals surface area contributed by atoms with Crippen molar-refractivity contribution in [3.8, 4) is 0 Å². The van der Waals surface area contributed by atoms with Crippen molar-refractivity contribution in [2.24, 2.45) is 0 Å².